The van der Waals surface area contributed by atoms with Crippen molar-refractivity contribution < 1.29 is 19.1 Å². The molecule has 186 valence electrons. The van der Waals surface area contributed by atoms with E-state index in [1.54, 1.807) is 12.1 Å². The topological polar surface area (TPSA) is 71.4 Å². The van der Waals surface area contributed by atoms with Crippen LogP contribution >= 0.6 is 0 Å². The number of rotatable bonds is 7. The average molecular weight is 478 g/mol. The number of aryl methyl sites for hydroxylation is 2. The molecule has 0 radical (unpaired) electrons. The van der Waals surface area contributed by atoms with Crippen molar-refractivity contribution in [3.63, 3.8) is 0 Å². The zero-order chi connectivity index (χ0) is 24.9. The Labute approximate surface area is 207 Å². The number of para-hydroxylation sites is 1. The Kier molecular flexibility index (Phi) is 7.86. The first-order valence-corrected chi connectivity index (χ1v) is 12.4. The highest BCUT2D eigenvalue weighted by molar-refractivity contribution is 6.04. The van der Waals surface area contributed by atoms with Crippen molar-refractivity contribution in [2.75, 3.05) is 33.4 Å². The number of benzene rings is 2. The second-order valence-electron chi connectivity index (χ2n) is 9.39. The Balaban J connectivity index is 1.59. The van der Waals surface area contributed by atoms with Crippen molar-refractivity contribution in [2.24, 2.45) is 11.0 Å². The van der Waals surface area contributed by atoms with Gasteiger partial charge in [-0.25, -0.2) is 5.01 Å². The number of amides is 1. The van der Waals surface area contributed by atoms with E-state index in [1.807, 2.05) is 31.2 Å². The van der Waals surface area contributed by atoms with Crippen LogP contribution < -0.4 is 4.74 Å². The zero-order valence-electron chi connectivity index (χ0n) is 21.1. The van der Waals surface area contributed by atoms with Crippen molar-refractivity contribution in [2.45, 2.75) is 46.1 Å². The minimum absolute atomic E-state index is 0.0785. The van der Waals surface area contributed by atoms with Gasteiger partial charge in [0.15, 0.2) is 0 Å². The van der Waals surface area contributed by atoms with Gasteiger partial charge in [-0.1, -0.05) is 42.0 Å². The molecule has 35 heavy (non-hydrogen) atoms. The van der Waals surface area contributed by atoms with Gasteiger partial charge in [-0.2, -0.15) is 5.10 Å². The summed E-state index contributed by atoms with van der Waals surface area (Å²) in [7, 11) is 1.65. The van der Waals surface area contributed by atoms with E-state index >= 15 is 0 Å². The average Bonchev–Trinajstić information content (AvgIpc) is 3.29. The molecular formula is C28H35N3O4. The molecule has 2 aromatic rings. The molecule has 1 saturated heterocycles. The summed E-state index contributed by atoms with van der Waals surface area (Å²) in [5.41, 5.74) is 5.24. The van der Waals surface area contributed by atoms with Gasteiger partial charge < -0.3 is 9.47 Å². The number of esters is 1. The third-order valence-corrected chi connectivity index (χ3v) is 6.84. The summed E-state index contributed by atoms with van der Waals surface area (Å²) in [6, 6.07) is 13.9. The molecule has 7 heteroatoms. The van der Waals surface area contributed by atoms with Crippen LogP contribution in [0.4, 0.5) is 0 Å². The van der Waals surface area contributed by atoms with Crippen molar-refractivity contribution in [3.8, 4) is 5.75 Å². The van der Waals surface area contributed by atoms with Crippen LogP contribution in [0.25, 0.3) is 0 Å². The summed E-state index contributed by atoms with van der Waals surface area (Å²) < 4.78 is 10.8. The highest BCUT2D eigenvalue weighted by atomic mass is 16.5. The number of hydrogen-bond acceptors (Lipinski definition) is 6. The standard InChI is InChI=1S/C28H35N3O4/c1-5-35-28(33)21-9-8-14-30(17-21)18-27(32)31-25(23-10-6-7-11-26(23)34-4)16-24(29-31)22-13-12-19(2)15-20(22)3/h6-7,10-13,15,21,25H,5,8-9,14,16-18H2,1-4H3/t21-,25-/m1/s1. The first-order valence-electron chi connectivity index (χ1n) is 12.4. The van der Waals surface area contributed by atoms with E-state index in [9.17, 15) is 9.59 Å². The summed E-state index contributed by atoms with van der Waals surface area (Å²) in [5.74, 6) is 0.306. The highest BCUT2D eigenvalue weighted by Gasteiger charge is 2.36. The van der Waals surface area contributed by atoms with Gasteiger partial charge in [0.2, 0.25) is 0 Å². The smallest absolute Gasteiger partial charge is 0.310 e. The normalized spacial score (nSPS) is 20.5. The lowest BCUT2D eigenvalue weighted by atomic mass is 9.94. The van der Waals surface area contributed by atoms with E-state index in [0.29, 0.717) is 19.6 Å². The summed E-state index contributed by atoms with van der Waals surface area (Å²) >= 11 is 0. The molecular weight excluding hydrogens is 442 g/mol. The molecule has 2 aromatic carbocycles. The summed E-state index contributed by atoms with van der Waals surface area (Å²) in [4.78, 5) is 28.0. The number of methoxy groups -OCH3 is 1. The second-order valence-corrected chi connectivity index (χ2v) is 9.39. The van der Waals surface area contributed by atoms with Crippen LogP contribution in [0.5, 0.6) is 5.75 Å². The molecule has 0 aromatic heterocycles. The van der Waals surface area contributed by atoms with Crippen LogP contribution in [0.15, 0.2) is 47.6 Å². The number of hydrogen-bond donors (Lipinski definition) is 0. The largest absolute Gasteiger partial charge is 0.496 e. The lowest BCUT2D eigenvalue weighted by Gasteiger charge is -2.32. The molecule has 0 unspecified atom stereocenters. The molecule has 7 nitrogen and oxygen atoms in total. The minimum atomic E-state index is -0.250. The van der Waals surface area contributed by atoms with Crippen LogP contribution in [-0.2, 0) is 14.3 Å². The van der Waals surface area contributed by atoms with Gasteiger partial charge >= 0.3 is 5.97 Å². The first kappa shape index (κ1) is 24.9. The number of ether oxygens (including phenoxy) is 2. The van der Waals surface area contributed by atoms with E-state index in [2.05, 4.69) is 36.9 Å². The maximum absolute atomic E-state index is 13.6. The van der Waals surface area contributed by atoms with E-state index in [-0.39, 0.29) is 30.4 Å². The fraction of sp³-hybridized carbons (Fsp3) is 0.464. The fourth-order valence-electron chi connectivity index (χ4n) is 5.14. The molecule has 0 saturated carbocycles. The van der Waals surface area contributed by atoms with Gasteiger partial charge in [0.1, 0.15) is 5.75 Å². The summed E-state index contributed by atoms with van der Waals surface area (Å²) in [5, 5.41) is 6.48. The van der Waals surface area contributed by atoms with Gasteiger partial charge in [-0.3, -0.25) is 14.5 Å². The van der Waals surface area contributed by atoms with Crippen LogP contribution in [0.1, 0.15) is 54.5 Å². The summed E-state index contributed by atoms with van der Waals surface area (Å²) in [6.45, 7) is 7.87. The Morgan fingerprint density at radius 1 is 1.14 bits per heavy atom. The van der Waals surface area contributed by atoms with Crippen LogP contribution in [0, 0.1) is 19.8 Å². The van der Waals surface area contributed by atoms with Crippen molar-refractivity contribution in [3.05, 3.63) is 64.7 Å². The van der Waals surface area contributed by atoms with E-state index < -0.39 is 0 Å². The third-order valence-electron chi connectivity index (χ3n) is 6.84. The number of nitrogens with zero attached hydrogens (tertiary/aromatic N) is 3. The van der Waals surface area contributed by atoms with Crippen molar-refractivity contribution in [1.82, 2.24) is 9.91 Å². The Morgan fingerprint density at radius 3 is 2.69 bits per heavy atom. The molecule has 2 atom stereocenters. The third kappa shape index (κ3) is 5.56. The Hall–Kier alpha value is -3.19. The Morgan fingerprint density at radius 2 is 1.94 bits per heavy atom. The highest BCUT2D eigenvalue weighted by Crippen LogP contribution is 2.38. The quantitative estimate of drug-likeness (QED) is 0.557. The molecule has 0 aliphatic carbocycles. The molecule has 0 spiro atoms. The summed E-state index contributed by atoms with van der Waals surface area (Å²) in [6.07, 6.45) is 2.28. The van der Waals surface area contributed by atoms with Crippen LogP contribution in [0.2, 0.25) is 0 Å². The van der Waals surface area contributed by atoms with Gasteiger partial charge in [0, 0.05) is 24.1 Å². The van der Waals surface area contributed by atoms with Crippen LogP contribution in [0.3, 0.4) is 0 Å². The molecule has 2 heterocycles. The SMILES string of the molecule is CCOC(=O)[C@@H]1CCCN(CC(=O)N2N=C(c3ccc(C)cc3C)C[C@@H]2c2ccccc2OC)C1. The molecule has 4 rings (SSSR count). The number of carbonyl (C=O) groups is 2. The first-order chi connectivity index (χ1) is 16.9. The molecule has 2 aliphatic rings. The predicted octanol–water partition coefficient (Wildman–Crippen LogP) is 4.26. The van der Waals surface area contributed by atoms with E-state index in [0.717, 1.165) is 47.5 Å². The molecule has 0 N–H and O–H groups in total. The van der Waals surface area contributed by atoms with Gasteiger partial charge in [0.05, 0.1) is 37.9 Å². The molecule has 0 bridgehead atoms. The molecule has 1 amide bonds. The zero-order valence-corrected chi connectivity index (χ0v) is 21.1. The number of hydrazone groups is 1. The van der Waals surface area contributed by atoms with Gasteiger partial charge in [-0.05, 0) is 51.8 Å². The maximum Gasteiger partial charge on any atom is 0.310 e. The number of carbonyl (C=O) groups excluding carboxylic acids is 2. The predicted molar refractivity (Wildman–Crippen MR) is 135 cm³/mol. The van der Waals surface area contributed by atoms with Crippen molar-refractivity contribution in [1.29, 1.82) is 0 Å². The minimum Gasteiger partial charge on any atom is -0.496 e. The van der Waals surface area contributed by atoms with Gasteiger partial charge in [-0.15, -0.1) is 0 Å². The van der Waals surface area contributed by atoms with Gasteiger partial charge in [0.25, 0.3) is 5.91 Å². The van der Waals surface area contributed by atoms with E-state index in [1.165, 1.54) is 5.56 Å². The second kappa shape index (κ2) is 11.0. The number of likely N-dealkylation sites (tertiary alicyclic amines) is 1. The lowest BCUT2D eigenvalue weighted by molar-refractivity contribution is -0.150. The molecule has 2 aliphatic heterocycles. The van der Waals surface area contributed by atoms with Crippen LogP contribution in [-0.4, -0.2) is 60.8 Å². The Bertz CT molecular complexity index is 1110. The fourth-order valence-corrected chi connectivity index (χ4v) is 5.14. The maximum atomic E-state index is 13.6. The monoisotopic (exact) mass is 477 g/mol. The number of piperidine rings is 1. The van der Waals surface area contributed by atoms with Crippen molar-refractivity contribution >= 4 is 17.6 Å². The molecule has 1 fully saturated rings. The lowest BCUT2D eigenvalue weighted by Crippen LogP contribution is -2.44. The van der Waals surface area contributed by atoms with E-state index in [4.69, 9.17) is 14.6 Å².